The van der Waals surface area contributed by atoms with Gasteiger partial charge in [0.05, 0.1) is 11.7 Å². The average Bonchev–Trinajstić information content (AvgIpc) is 3.21. The summed E-state index contributed by atoms with van der Waals surface area (Å²) in [5.41, 5.74) is 2.84. The largest absolute Gasteiger partial charge is 0.333 e. The number of rotatable bonds is 3. The first-order chi connectivity index (χ1) is 13.5. The summed E-state index contributed by atoms with van der Waals surface area (Å²) in [7, 11) is 2.06. The number of imidazole rings is 1. The molecule has 0 unspecified atom stereocenters. The Morgan fingerprint density at radius 2 is 2.00 bits per heavy atom. The van der Waals surface area contributed by atoms with Crippen LogP contribution in [0.15, 0.2) is 18.2 Å². The van der Waals surface area contributed by atoms with Gasteiger partial charge < -0.3 is 9.47 Å². The van der Waals surface area contributed by atoms with E-state index in [1.54, 1.807) is 0 Å². The second kappa shape index (κ2) is 6.68. The number of benzene rings is 1. The second-order valence-electron chi connectivity index (χ2n) is 8.43. The Morgan fingerprint density at radius 1 is 1.18 bits per heavy atom. The summed E-state index contributed by atoms with van der Waals surface area (Å²) in [4.78, 5) is 20.0. The van der Waals surface area contributed by atoms with Crippen molar-refractivity contribution >= 4 is 5.91 Å². The highest BCUT2D eigenvalue weighted by atomic mass is 19.1. The minimum absolute atomic E-state index is 0.00158. The second-order valence-corrected chi connectivity index (χ2v) is 8.43. The highest BCUT2D eigenvalue weighted by Crippen LogP contribution is 2.51. The maximum absolute atomic E-state index is 14.1. The lowest BCUT2D eigenvalue weighted by Gasteiger charge is -2.25. The number of carbonyl (C=O) groups is 1. The molecule has 1 aromatic heterocycles. The summed E-state index contributed by atoms with van der Waals surface area (Å²) in [6, 6.07) is 3.52. The topological polar surface area (TPSA) is 38.1 Å². The summed E-state index contributed by atoms with van der Waals surface area (Å²) in [5, 5.41) is 0. The molecule has 1 aliphatic heterocycles. The number of amides is 1. The maximum Gasteiger partial charge on any atom is 0.226 e. The molecule has 5 rings (SSSR count). The van der Waals surface area contributed by atoms with Crippen LogP contribution < -0.4 is 0 Å². The van der Waals surface area contributed by atoms with Gasteiger partial charge in [-0.3, -0.25) is 4.79 Å². The van der Waals surface area contributed by atoms with Crippen LogP contribution in [-0.4, -0.2) is 26.9 Å². The number of hydrogen-bond acceptors (Lipinski definition) is 2. The molecule has 1 saturated heterocycles. The van der Waals surface area contributed by atoms with E-state index in [4.69, 9.17) is 4.98 Å². The molecule has 0 radical (unpaired) electrons. The minimum atomic E-state index is -0.452. The Labute approximate surface area is 163 Å². The Kier molecular flexibility index (Phi) is 4.25. The highest BCUT2D eigenvalue weighted by molar-refractivity contribution is 5.83. The highest BCUT2D eigenvalue weighted by Gasteiger charge is 2.49. The van der Waals surface area contributed by atoms with E-state index in [0.717, 1.165) is 50.2 Å². The molecule has 28 heavy (non-hydrogen) atoms. The number of halogens is 2. The Hall–Kier alpha value is -2.24. The summed E-state index contributed by atoms with van der Waals surface area (Å²) >= 11 is 0. The van der Waals surface area contributed by atoms with Gasteiger partial charge in [0, 0.05) is 25.2 Å². The first-order valence-electron chi connectivity index (χ1n) is 10.3. The summed E-state index contributed by atoms with van der Waals surface area (Å²) in [5.74, 6) is -0.265. The van der Waals surface area contributed by atoms with Crippen molar-refractivity contribution in [3.63, 3.8) is 0 Å². The molecule has 2 aromatic rings. The van der Waals surface area contributed by atoms with Gasteiger partial charge in [-0.25, -0.2) is 13.8 Å². The number of fused-ring (bicyclic) bond motifs is 1. The Balaban J connectivity index is 1.37. The van der Waals surface area contributed by atoms with E-state index < -0.39 is 11.6 Å². The molecule has 2 fully saturated rings. The lowest BCUT2D eigenvalue weighted by atomic mass is 10.0. The van der Waals surface area contributed by atoms with Crippen molar-refractivity contribution in [3.05, 3.63) is 52.6 Å². The first kappa shape index (κ1) is 17.8. The van der Waals surface area contributed by atoms with Crippen LogP contribution in [0.2, 0.25) is 0 Å². The van der Waals surface area contributed by atoms with E-state index in [2.05, 4.69) is 11.6 Å². The lowest BCUT2D eigenvalue weighted by molar-refractivity contribution is -0.133. The van der Waals surface area contributed by atoms with Crippen LogP contribution in [0.3, 0.4) is 0 Å². The van der Waals surface area contributed by atoms with E-state index in [0.29, 0.717) is 12.0 Å². The zero-order valence-electron chi connectivity index (χ0n) is 16.1. The van der Waals surface area contributed by atoms with Crippen molar-refractivity contribution in [2.45, 2.75) is 56.9 Å². The number of likely N-dealkylation sites (tertiary alicyclic amines) is 1. The monoisotopic (exact) mass is 385 g/mol. The molecular weight excluding hydrogens is 360 g/mol. The molecule has 2 heterocycles. The van der Waals surface area contributed by atoms with E-state index in [-0.39, 0.29) is 23.8 Å². The van der Waals surface area contributed by atoms with Gasteiger partial charge in [-0.1, -0.05) is 0 Å². The normalized spacial score (nSPS) is 26.4. The van der Waals surface area contributed by atoms with Crippen LogP contribution in [-0.2, 0) is 24.7 Å². The van der Waals surface area contributed by atoms with Gasteiger partial charge in [-0.15, -0.1) is 0 Å². The molecule has 0 N–H and O–H groups in total. The fourth-order valence-electron chi connectivity index (χ4n) is 5.13. The first-order valence-corrected chi connectivity index (χ1v) is 10.3. The predicted molar refractivity (Wildman–Crippen MR) is 101 cm³/mol. The lowest BCUT2D eigenvalue weighted by Crippen LogP contribution is -2.33. The number of aryl methyl sites for hydroxylation is 1. The van der Waals surface area contributed by atoms with Gasteiger partial charge >= 0.3 is 0 Å². The van der Waals surface area contributed by atoms with Crippen molar-refractivity contribution in [1.82, 2.24) is 14.5 Å². The molecule has 2 aliphatic carbocycles. The SMILES string of the molecule is Cn1c([C@@H]2CCCN2C(=O)[C@H]2C[C@H]2c2cc(F)ccc2F)nc2c1CCCC2. The standard InChI is InChI=1S/C22H25F2N3O/c1-26-19-6-3-2-5-18(19)25-21(26)20-7-4-10-27(20)22(28)16-12-14(16)15-11-13(23)8-9-17(15)24/h8-9,11,14,16,20H,2-7,10,12H2,1H3/t14-,16-,20-/m0/s1. The molecule has 1 aromatic carbocycles. The van der Waals surface area contributed by atoms with Crippen LogP contribution in [0.4, 0.5) is 8.78 Å². The van der Waals surface area contributed by atoms with Gasteiger partial charge in [-0.2, -0.15) is 0 Å². The van der Waals surface area contributed by atoms with Crippen molar-refractivity contribution in [2.24, 2.45) is 13.0 Å². The van der Waals surface area contributed by atoms with E-state index in [1.165, 1.54) is 30.3 Å². The van der Waals surface area contributed by atoms with Crippen LogP contribution in [0.25, 0.3) is 0 Å². The number of nitrogens with zero attached hydrogens (tertiary/aromatic N) is 3. The molecule has 0 spiro atoms. The molecule has 1 amide bonds. The van der Waals surface area contributed by atoms with Gasteiger partial charge in [-0.05, 0) is 74.6 Å². The van der Waals surface area contributed by atoms with Gasteiger partial charge in [0.2, 0.25) is 5.91 Å². The quantitative estimate of drug-likeness (QED) is 0.800. The third-order valence-corrected chi connectivity index (χ3v) is 6.71. The van der Waals surface area contributed by atoms with E-state index in [1.807, 2.05) is 4.90 Å². The molecule has 6 heteroatoms. The van der Waals surface area contributed by atoms with Crippen LogP contribution in [0.1, 0.15) is 66.8 Å². The van der Waals surface area contributed by atoms with Crippen LogP contribution in [0, 0.1) is 17.6 Å². The van der Waals surface area contributed by atoms with E-state index in [9.17, 15) is 13.6 Å². The number of hydrogen-bond donors (Lipinski definition) is 0. The van der Waals surface area contributed by atoms with Crippen molar-refractivity contribution in [3.8, 4) is 0 Å². The molecule has 0 bridgehead atoms. The van der Waals surface area contributed by atoms with Gasteiger partial charge in [0.1, 0.15) is 17.5 Å². The zero-order chi connectivity index (χ0) is 19.4. The van der Waals surface area contributed by atoms with Crippen molar-refractivity contribution < 1.29 is 13.6 Å². The third-order valence-electron chi connectivity index (χ3n) is 6.71. The van der Waals surface area contributed by atoms with Gasteiger partial charge in [0.25, 0.3) is 0 Å². The Bertz CT molecular complexity index is 938. The maximum atomic E-state index is 14.1. The van der Waals surface area contributed by atoms with E-state index >= 15 is 0 Å². The fourth-order valence-corrected chi connectivity index (χ4v) is 5.13. The minimum Gasteiger partial charge on any atom is -0.333 e. The predicted octanol–water partition coefficient (Wildman–Crippen LogP) is 4.04. The molecule has 3 aliphatic rings. The van der Waals surface area contributed by atoms with Crippen molar-refractivity contribution in [1.29, 1.82) is 0 Å². The zero-order valence-corrected chi connectivity index (χ0v) is 16.1. The molecule has 148 valence electrons. The number of aromatic nitrogens is 2. The molecular formula is C22H25F2N3O. The van der Waals surface area contributed by atoms with Crippen LogP contribution >= 0.6 is 0 Å². The Morgan fingerprint density at radius 3 is 2.82 bits per heavy atom. The smallest absolute Gasteiger partial charge is 0.226 e. The number of carbonyl (C=O) groups excluding carboxylic acids is 1. The molecule has 1 saturated carbocycles. The summed E-state index contributed by atoms with van der Waals surface area (Å²) in [6.45, 7) is 0.718. The van der Waals surface area contributed by atoms with Crippen molar-refractivity contribution in [2.75, 3.05) is 6.54 Å². The molecule has 3 atom stereocenters. The summed E-state index contributed by atoms with van der Waals surface area (Å²) in [6.07, 6.45) is 6.93. The average molecular weight is 385 g/mol. The summed E-state index contributed by atoms with van der Waals surface area (Å²) < 4.78 is 29.8. The fraction of sp³-hybridized carbons (Fsp3) is 0.545. The molecule has 4 nitrogen and oxygen atoms in total. The third kappa shape index (κ3) is 2.85. The van der Waals surface area contributed by atoms with Crippen LogP contribution in [0.5, 0.6) is 0 Å². The van der Waals surface area contributed by atoms with Gasteiger partial charge in [0.15, 0.2) is 0 Å².